The number of carbonyl (C=O) groups excluding carboxylic acids is 1. The van der Waals surface area contributed by atoms with Gasteiger partial charge in [-0.2, -0.15) is 0 Å². The zero-order valence-electron chi connectivity index (χ0n) is 14.1. The Bertz CT molecular complexity index is 832. The molecule has 2 aromatic heterocycles. The highest BCUT2D eigenvalue weighted by Crippen LogP contribution is 2.12. The number of aryl methyl sites for hydroxylation is 1. The Morgan fingerprint density at radius 1 is 1.00 bits per heavy atom. The van der Waals surface area contributed by atoms with E-state index in [1.165, 1.54) is 11.1 Å². The third-order valence-electron chi connectivity index (χ3n) is 3.92. The van der Waals surface area contributed by atoms with E-state index in [1.54, 1.807) is 24.7 Å². The first-order valence-corrected chi connectivity index (χ1v) is 8.14. The van der Waals surface area contributed by atoms with Gasteiger partial charge in [0, 0.05) is 25.5 Å². The van der Waals surface area contributed by atoms with Gasteiger partial charge in [0.1, 0.15) is 5.69 Å². The van der Waals surface area contributed by atoms with Gasteiger partial charge in [-0.3, -0.25) is 9.78 Å². The summed E-state index contributed by atoms with van der Waals surface area (Å²) >= 11 is 0. The lowest BCUT2D eigenvalue weighted by Crippen LogP contribution is -2.23. The number of hydrogen-bond acceptors (Lipinski definition) is 4. The summed E-state index contributed by atoms with van der Waals surface area (Å²) in [5, 5.41) is 6.16. The van der Waals surface area contributed by atoms with E-state index in [1.807, 2.05) is 30.3 Å². The molecule has 3 aromatic rings. The van der Waals surface area contributed by atoms with E-state index < -0.39 is 0 Å². The Hall–Kier alpha value is -3.21. The molecule has 0 unspecified atom stereocenters. The van der Waals surface area contributed by atoms with Crippen molar-refractivity contribution in [2.45, 2.75) is 20.0 Å². The van der Waals surface area contributed by atoms with Crippen molar-refractivity contribution in [3.05, 3.63) is 89.5 Å². The number of rotatable bonds is 6. The third-order valence-corrected chi connectivity index (χ3v) is 3.92. The van der Waals surface area contributed by atoms with E-state index in [0.717, 1.165) is 17.8 Å². The molecule has 5 heteroatoms. The van der Waals surface area contributed by atoms with E-state index in [0.29, 0.717) is 12.2 Å². The average Bonchev–Trinajstić information content (AvgIpc) is 2.67. The predicted molar refractivity (Wildman–Crippen MR) is 98.1 cm³/mol. The molecule has 0 fully saturated rings. The van der Waals surface area contributed by atoms with Crippen LogP contribution in [0.5, 0.6) is 0 Å². The van der Waals surface area contributed by atoms with Crippen LogP contribution in [0.4, 0.5) is 5.69 Å². The Labute approximate surface area is 147 Å². The maximum absolute atomic E-state index is 12.1. The van der Waals surface area contributed by atoms with Crippen LogP contribution >= 0.6 is 0 Å². The Morgan fingerprint density at radius 2 is 1.88 bits per heavy atom. The minimum absolute atomic E-state index is 0.200. The standard InChI is InChI=1S/C20H20N4O/c1-15-5-2-3-7-17(15)13-22-18-8-9-19(23-14-18)20(25)24-12-16-6-4-10-21-11-16/h2-11,14,22H,12-13H2,1H3,(H,24,25). The number of nitrogens with zero attached hydrogens (tertiary/aromatic N) is 2. The Morgan fingerprint density at radius 3 is 2.60 bits per heavy atom. The molecule has 0 spiro atoms. The molecule has 0 radical (unpaired) electrons. The molecule has 25 heavy (non-hydrogen) atoms. The van der Waals surface area contributed by atoms with Crippen molar-refractivity contribution >= 4 is 11.6 Å². The SMILES string of the molecule is Cc1ccccc1CNc1ccc(C(=O)NCc2cccnc2)nc1. The van der Waals surface area contributed by atoms with Crippen molar-refractivity contribution in [3.8, 4) is 0 Å². The third kappa shape index (κ3) is 4.64. The first-order valence-electron chi connectivity index (χ1n) is 8.14. The summed E-state index contributed by atoms with van der Waals surface area (Å²) in [6.07, 6.45) is 5.11. The monoisotopic (exact) mass is 332 g/mol. The number of anilines is 1. The lowest BCUT2D eigenvalue weighted by Gasteiger charge is -2.09. The fraction of sp³-hybridized carbons (Fsp3) is 0.150. The Kier molecular flexibility index (Phi) is 5.36. The molecule has 0 bridgehead atoms. The predicted octanol–water partition coefficient (Wildman–Crippen LogP) is 3.33. The quantitative estimate of drug-likeness (QED) is 0.726. The molecular weight excluding hydrogens is 312 g/mol. The molecule has 0 saturated carbocycles. The van der Waals surface area contributed by atoms with Crippen molar-refractivity contribution in [1.82, 2.24) is 15.3 Å². The molecule has 1 amide bonds. The van der Waals surface area contributed by atoms with Crippen LogP contribution in [0, 0.1) is 6.92 Å². The van der Waals surface area contributed by atoms with Crippen LogP contribution in [0.2, 0.25) is 0 Å². The summed E-state index contributed by atoms with van der Waals surface area (Å²) in [4.78, 5) is 20.4. The van der Waals surface area contributed by atoms with E-state index >= 15 is 0 Å². The number of hydrogen-bond donors (Lipinski definition) is 2. The number of aromatic nitrogens is 2. The number of carbonyl (C=O) groups is 1. The van der Waals surface area contributed by atoms with Gasteiger partial charge in [-0.15, -0.1) is 0 Å². The van der Waals surface area contributed by atoms with Gasteiger partial charge in [-0.1, -0.05) is 30.3 Å². The normalized spacial score (nSPS) is 10.3. The molecule has 0 saturated heterocycles. The molecule has 0 aliphatic carbocycles. The van der Waals surface area contributed by atoms with Crippen molar-refractivity contribution < 1.29 is 4.79 Å². The summed E-state index contributed by atoms with van der Waals surface area (Å²) in [5.74, 6) is -0.200. The van der Waals surface area contributed by atoms with Gasteiger partial charge in [-0.05, 0) is 41.8 Å². The highest BCUT2D eigenvalue weighted by atomic mass is 16.1. The molecule has 0 aliphatic rings. The fourth-order valence-electron chi connectivity index (χ4n) is 2.41. The number of amides is 1. The zero-order chi connectivity index (χ0) is 17.5. The van der Waals surface area contributed by atoms with Crippen molar-refractivity contribution in [3.63, 3.8) is 0 Å². The van der Waals surface area contributed by atoms with E-state index in [9.17, 15) is 4.79 Å². The first kappa shape index (κ1) is 16.6. The molecule has 5 nitrogen and oxygen atoms in total. The largest absolute Gasteiger partial charge is 0.380 e. The van der Waals surface area contributed by atoms with Crippen molar-refractivity contribution in [1.29, 1.82) is 0 Å². The van der Waals surface area contributed by atoms with Crippen molar-refractivity contribution in [2.24, 2.45) is 0 Å². The van der Waals surface area contributed by atoms with Gasteiger partial charge in [0.25, 0.3) is 5.91 Å². The van der Waals surface area contributed by atoms with Gasteiger partial charge in [0.15, 0.2) is 0 Å². The van der Waals surface area contributed by atoms with Gasteiger partial charge in [-0.25, -0.2) is 4.98 Å². The summed E-state index contributed by atoms with van der Waals surface area (Å²) in [6, 6.07) is 15.6. The second kappa shape index (κ2) is 8.06. The summed E-state index contributed by atoms with van der Waals surface area (Å²) in [6.45, 7) is 3.24. The first-order chi connectivity index (χ1) is 12.2. The van der Waals surface area contributed by atoms with Crippen LogP contribution in [-0.2, 0) is 13.1 Å². The second-order valence-electron chi connectivity index (χ2n) is 5.76. The van der Waals surface area contributed by atoms with Crippen LogP contribution in [-0.4, -0.2) is 15.9 Å². The van der Waals surface area contributed by atoms with E-state index in [2.05, 4.69) is 39.7 Å². The molecular formula is C20H20N4O. The minimum atomic E-state index is -0.200. The van der Waals surface area contributed by atoms with Gasteiger partial charge in [0.2, 0.25) is 0 Å². The number of nitrogens with one attached hydrogen (secondary N) is 2. The van der Waals surface area contributed by atoms with Gasteiger partial charge in [0.05, 0.1) is 11.9 Å². The smallest absolute Gasteiger partial charge is 0.270 e. The minimum Gasteiger partial charge on any atom is -0.380 e. The molecule has 0 aliphatic heterocycles. The molecule has 0 atom stereocenters. The average molecular weight is 332 g/mol. The topological polar surface area (TPSA) is 66.9 Å². The van der Waals surface area contributed by atoms with Crippen LogP contribution in [0.1, 0.15) is 27.2 Å². The number of pyridine rings is 2. The molecule has 1 aromatic carbocycles. The molecule has 126 valence electrons. The highest BCUT2D eigenvalue weighted by Gasteiger charge is 2.07. The summed E-state index contributed by atoms with van der Waals surface area (Å²) in [7, 11) is 0. The maximum atomic E-state index is 12.1. The van der Waals surface area contributed by atoms with Crippen LogP contribution < -0.4 is 10.6 Å². The lowest BCUT2D eigenvalue weighted by molar-refractivity contribution is 0.0946. The zero-order valence-corrected chi connectivity index (χ0v) is 14.1. The van der Waals surface area contributed by atoms with Gasteiger partial charge >= 0.3 is 0 Å². The molecule has 2 N–H and O–H groups in total. The van der Waals surface area contributed by atoms with Crippen molar-refractivity contribution in [2.75, 3.05) is 5.32 Å². The molecule has 2 heterocycles. The summed E-state index contributed by atoms with van der Waals surface area (Å²) < 4.78 is 0. The van der Waals surface area contributed by atoms with Gasteiger partial charge < -0.3 is 10.6 Å². The van der Waals surface area contributed by atoms with Crippen LogP contribution in [0.15, 0.2) is 67.1 Å². The Balaban J connectivity index is 1.54. The van der Waals surface area contributed by atoms with Crippen LogP contribution in [0.3, 0.4) is 0 Å². The fourth-order valence-corrected chi connectivity index (χ4v) is 2.41. The maximum Gasteiger partial charge on any atom is 0.270 e. The van der Waals surface area contributed by atoms with E-state index in [4.69, 9.17) is 0 Å². The number of benzene rings is 1. The summed E-state index contributed by atoms with van der Waals surface area (Å²) in [5.41, 5.74) is 4.71. The molecule has 3 rings (SSSR count). The second-order valence-corrected chi connectivity index (χ2v) is 5.76. The van der Waals surface area contributed by atoms with Crippen LogP contribution in [0.25, 0.3) is 0 Å². The lowest BCUT2D eigenvalue weighted by atomic mass is 10.1. The van der Waals surface area contributed by atoms with E-state index in [-0.39, 0.29) is 5.91 Å². The highest BCUT2D eigenvalue weighted by molar-refractivity contribution is 5.92.